The molecule has 0 spiro atoms. The number of rotatable bonds is 3. The Kier molecular flexibility index (Phi) is 4.85. The molecular weight excluding hydrogens is 294 g/mol. The van der Waals surface area contributed by atoms with Crippen LogP contribution in [0.3, 0.4) is 0 Å². The van der Waals surface area contributed by atoms with Crippen LogP contribution in [0.5, 0.6) is 5.75 Å². The van der Waals surface area contributed by atoms with E-state index in [0.717, 1.165) is 11.1 Å². The molecule has 0 saturated carbocycles. The van der Waals surface area contributed by atoms with Crippen LogP contribution in [0.4, 0.5) is 17.1 Å². The maximum Gasteiger partial charge on any atom is 0.314 e. The molecule has 0 atom stereocenters. The molecule has 0 aliphatic carbocycles. The largest absolute Gasteiger partial charge is 0.495 e. The van der Waals surface area contributed by atoms with Crippen molar-refractivity contribution in [2.45, 2.75) is 13.8 Å². The molecule has 6 nitrogen and oxygen atoms in total. The summed E-state index contributed by atoms with van der Waals surface area (Å²) in [5.74, 6) is -1.12. The molecule has 120 valence electrons. The minimum absolute atomic E-state index is 0.395. The molecule has 2 aromatic carbocycles. The van der Waals surface area contributed by atoms with Gasteiger partial charge in [0.2, 0.25) is 0 Å². The second-order valence-electron chi connectivity index (χ2n) is 5.20. The van der Waals surface area contributed by atoms with E-state index in [1.54, 1.807) is 30.3 Å². The average molecular weight is 313 g/mol. The van der Waals surface area contributed by atoms with Crippen molar-refractivity contribution in [1.29, 1.82) is 0 Å². The van der Waals surface area contributed by atoms with Crippen LogP contribution in [0.15, 0.2) is 36.4 Å². The molecule has 2 rings (SSSR count). The lowest BCUT2D eigenvalue weighted by molar-refractivity contribution is -0.133. The number of ether oxygens (including phenoxy) is 1. The fraction of sp³-hybridized carbons (Fsp3) is 0.176. The van der Waals surface area contributed by atoms with Gasteiger partial charge < -0.3 is 21.1 Å². The van der Waals surface area contributed by atoms with Crippen molar-refractivity contribution >= 4 is 28.9 Å². The maximum absolute atomic E-state index is 12.1. The van der Waals surface area contributed by atoms with Gasteiger partial charge >= 0.3 is 11.8 Å². The smallest absolute Gasteiger partial charge is 0.314 e. The van der Waals surface area contributed by atoms with Gasteiger partial charge in [0.1, 0.15) is 5.75 Å². The predicted molar refractivity (Wildman–Crippen MR) is 90.6 cm³/mol. The van der Waals surface area contributed by atoms with Gasteiger partial charge in [0, 0.05) is 0 Å². The maximum atomic E-state index is 12.1. The molecule has 0 bridgehead atoms. The minimum Gasteiger partial charge on any atom is -0.495 e. The zero-order valence-corrected chi connectivity index (χ0v) is 13.3. The summed E-state index contributed by atoms with van der Waals surface area (Å²) in [4.78, 5) is 24.1. The lowest BCUT2D eigenvalue weighted by Crippen LogP contribution is -2.29. The topological polar surface area (TPSA) is 93.4 Å². The zero-order chi connectivity index (χ0) is 17.0. The van der Waals surface area contributed by atoms with E-state index in [2.05, 4.69) is 10.6 Å². The first kappa shape index (κ1) is 16.4. The van der Waals surface area contributed by atoms with E-state index in [9.17, 15) is 9.59 Å². The Hall–Kier alpha value is -3.02. The number of aryl methyl sites for hydroxylation is 2. The van der Waals surface area contributed by atoms with Crippen molar-refractivity contribution in [2.75, 3.05) is 23.5 Å². The molecule has 0 aromatic heterocycles. The first-order valence-corrected chi connectivity index (χ1v) is 7.04. The molecule has 0 aliphatic rings. The van der Waals surface area contributed by atoms with Crippen molar-refractivity contribution in [3.63, 3.8) is 0 Å². The van der Waals surface area contributed by atoms with Crippen LogP contribution in [0.1, 0.15) is 11.1 Å². The number of amides is 2. The van der Waals surface area contributed by atoms with Gasteiger partial charge in [-0.3, -0.25) is 9.59 Å². The van der Waals surface area contributed by atoms with Gasteiger partial charge in [0.05, 0.1) is 24.2 Å². The first-order chi connectivity index (χ1) is 10.9. The molecule has 0 saturated heterocycles. The number of benzene rings is 2. The molecule has 0 heterocycles. The van der Waals surface area contributed by atoms with Gasteiger partial charge in [0.15, 0.2) is 0 Å². The zero-order valence-electron chi connectivity index (χ0n) is 13.3. The molecule has 4 N–H and O–H groups in total. The number of nitrogen functional groups attached to an aromatic ring is 1. The van der Waals surface area contributed by atoms with Crippen molar-refractivity contribution in [3.05, 3.63) is 47.5 Å². The van der Waals surface area contributed by atoms with Crippen molar-refractivity contribution in [1.82, 2.24) is 0 Å². The Morgan fingerprint density at radius 2 is 1.48 bits per heavy atom. The Balaban J connectivity index is 2.11. The third-order valence-corrected chi connectivity index (χ3v) is 3.26. The highest BCUT2D eigenvalue weighted by Crippen LogP contribution is 2.25. The second-order valence-corrected chi connectivity index (χ2v) is 5.20. The predicted octanol–water partition coefficient (Wildman–Crippen LogP) is 2.47. The third-order valence-electron chi connectivity index (χ3n) is 3.26. The molecule has 0 aliphatic heterocycles. The Labute approximate surface area is 134 Å². The standard InChI is InChI=1S/C17H19N3O3/c1-10-4-6-13(12(18)8-10)19-16(21)17(22)20-14-9-11(2)5-7-15(14)23-3/h4-9H,18H2,1-3H3,(H,19,21)(H,20,22). The summed E-state index contributed by atoms with van der Waals surface area (Å²) in [6.45, 7) is 3.76. The van der Waals surface area contributed by atoms with Crippen LogP contribution in [-0.2, 0) is 9.59 Å². The van der Waals surface area contributed by atoms with Gasteiger partial charge in [-0.15, -0.1) is 0 Å². The summed E-state index contributed by atoms with van der Waals surface area (Å²) >= 11 is 0. The van der Waals surface area contributed by atoms with Gasteiger partial charge in [-0.25, -0.2) is 0 Å². The van der Waals surface area contributed by atoms with Gasteiger partial charge in [0.25, 0.3) is 0 Å². The quantitative estimate of drug-likeness (QED) is 0.599. The van der Waals surface area contributed by atoms with Crippen LogP contribution in [0.2, 0.25) is 0 Å². The number of hydrogen-bond acceptors (Lipinski definition) is 4. The lowest BCUT2D eigenvalue weighted by Gasteiger charge is -2.12. The summed E-state index contributed by atoms with van der Waals surface area (Å²) in [6.07, 6.45) is 0. The number of carbonyl (C=O) groups is 2. The second kappa shape index (κ2) is 6.83. The van der Waals surface area contributed by atoms with E-state index in [0.29, 0.717) is 22.8 Å². The van der Waals surface area contributed by atoms with Crippen molar-refractivity contribution < 1.29 is 14.3 Å². The van der Waals surface area contributed by atoms with Gasteiger partial charge in [-0.1, -0.05) is 12.1 Å². The highest BCUT2D eigenvalue weighted by molar-refractivity contribution is 6.44. The van der Waals surface area contributed by atoms with Crippen LogP contribution >= 0.6 is 0 Å². The molecule has 0 unspecified atom stereocenters. The summed E-state index contributed by atoms with van der Waals surface area (Å²) in [7, 11) is 1.49. The van der Waals surface area contributed by atoms with E-state index >= 15 is 0 Å². The van der Waals surface area contributed by atoms with E-state index in [1.807, 2.05) is 19.9 Å². The third kappa shape index (κ3) is 4.00. The molecule has 0 radical (unpaired) electrons. The fourth-order valence-corrected chi connectivity index (χ4v) is 2.07. The molecule has 2 aromatic rings. The van der Waals surface area contributed by atoms with Crippen molar-refractivity contribution in [3.8, 4) is 5.75 Å². The van der Waals surface area contributed by atoms with E-state index in [4.69, 9.17) is 10.5 Å². The average Bonchev–Trinajstić information content (AvgIpc) is 2.50. The summed E-state index contributed by atoms with van der Waals surface area (Å²) in [6, 6.07) is 10.5. The highest BCUT2D eigenvalue weighted by atomic mass is 16.5. The Morgan fingerprint density at radius 3 is 2.09 bits per heavy atom. The monoisotopic (exact) mass is 313 g/mol. The molecule has 2 amide bonds. The number of nitrogens with two attached hydrogens (primary N) is 1. The normalized spacial score (nSPS) is 10.0. The molecular formula is C17H19N3O3. The highest BCUT2D eigenvalue weighted by Gasteiger charge is 2.17. The van der Waals surface area contributed by atoms with Crippen LogP contribution in [-0.4, -0.2) is 18.9 Å². The van der Waals surface area contributed by atoms with E-state index in [1.165, 1.54) is 7.11 Å². The van der Waals surface area contributed by atoms with E-state index in [-0.39, 0.29) is 0 Å². The lowest BCUT2D eigenvalue weighted by atomic mass is 10.2. The summed E-state index contributed by atoms with van der Waals surface area (Å²) in [5, 5.41) is 5.03. The number of anilines is 3. The SMILES string of the molecule is COc1ccc(C)cc1NC(=O)C(=O)Nc1ccc(C)cc1N. The molecule has 0 fully saturated rings. The number of carbonyl (C=O) groups excluding carboxylic acids is 2. The van der Waals surface area contributed by atoms with Gasteiger partial charge in [-0.2, -0.15) is 0 Å². The number of methoxy groups -OCH3 is 1. The number of hydrogen-bond donors (Lipinski definition) is 3. The first-order valence-electron chi connectivity index (χ1n) is 7.04. The van der Waals surface area contributed by atoms with Crippen LogP contribution < -0.4 is 21.1 Å². The Morgan fingerprint density at radius 1 is 0.913 bits per heavy atom. The number of nitrogens with one attached hydrogen (secondary N) is 2. The minimum atomic E-state index is -0.802. The molecule has 6 heteroatoms. The summed E-state index contributed by atoms with van der Waals surface area (Å²) < 4.78 is 5.17. The van der Waals surface area contributed by atoms with Crippen LogP contribution in [0, 0.1) is 13.8 Å². The summed E-state index contributed by atoms with van der Waals surface area (Å²) in [5.41, 5.74) is 8.96. The fourth-order valence-electron chi connectivity index (χ4n) is 2.07. The Bertz CT molecular complexity index is 757. The van der Waals surface area contributed by atoms with Crippen LogP contribution in [0.25, 0.3) is 0 Å². The van der Waals surface area contributed by atoms with Gasteiger partial charge in [-0.05, 0) is 49.2 Å². The van der Waals surface area contributed by atoms with E-state index < -0.39 is 11.8 Å². The van der Waals surface area contributed by atoms with Crippen molar-refractivity contribution in [2.24, 2.45) is 0 Å². The molecule has 23 heavy (non-hydrogen) atoms.